The van der Waals surface area contributed by atoms with Crippen LogP contribution in [-0.4, -0.2) is 25.8 Å². The molecule has 0 aliphatic carbocycles. The van der Waals surface area contributed by atoms with Crippen molar-refractivity contribution in [3.8, 4) is 11.5 Å². The molecule has 0 radical (unpaired) electrons. The van der Waals surface area contributed by atoms with Gasteiger partial charge in [-0.25, -0.2) is 15.0 Å². The lowest BCUT2D eigenvalue weighted by atomic mass is 10.3. The summed E-state index contributed by atoms with van der Waals surface area (Å²) >= 11 is 1.47. The van der Waals surface area contributed by atoms with Crippen LogP contribution in [0.25, 0.3) is 21.7 Å². The van der Waals surface area contributed by atoms with Crippen LogP contribution in [0.15, 0.2) is 46.7 Å². The Hall–Kier alpha value is -3.13. The Kier molecular flexibility index (Phi) is 3.51. The summed E-state index contributed by atoms with van der Waals surface area (Å²) in [5.74, 6) is 0.958. The summed E-state index contributed by atoms with van der Waals surface area (Å²) in [6.07, 6.45) is 2.91. The number of aryl methyl sites for hydroxylation is 1. The first-order valence-corrected chi connectivity index (χ1v) is 7.98. The van der Waals surface area contributed by atoms with E-state index < -0.39 is 0 Å². The third kappa shape index (κ3) is 2.52. The molecule has 24 heavy (non-hydrogen) atoms. The van der Waals surface area contributed by atoms with Crippen molar-refractivity contribution in [3.63, 3.8) is 0 Å². The van der Waals surface area contributed by atoms with Crippen molar-refractivity contribution in [1.82, 2.24) is 19.9 Å². The third-order valence-electron chi connectivity index (χ3n) is 3.41. The van der Waals surface area contributed by atoms with Crippen molar-refractivity contribution in [1.29, 1.82) is 0 Å². The fourth-order valence-corrected chi connectivity index (χ4v) is 3.01. The van der Waals surface area contributed by atoms with Gasteiger partial charge in [-0.3, -0.25) is 9.78 Å². The highest BCUT2D eigenvalue weighted by molar-refractivity contribution is 7.16. The Labute approximate surface area is 140 Å². The number of carbonyl (C=O) groups excluding carboxylic acids is 1. The number of hydrogen-bond acceptors (Lipinski definition) is 7. The molecule has 0 spiro atoms. The van der Waals surface area contributed by atoms with Crippen LogP contribution < -0.4 is 5.32 Å². The fourth-order valence-electron chi connectivity index (χ4n) is 2.25. The minimum atomic E-state index is -0.376. The van der Waals surface area contributed by atoms with Gasteiger partial charge in [-0.1, -0.05) is 6.07 Å². The number of fused-ring (bicyclic) bond motifs is 1. The molecular weight excluding hydrogens is 326 g/mol. The highest BCUT2D eigenvalue weighted by atomic mass is 32.1. The molecule has 1 N–H and O–H groups in total. The Bertz CT molecular complexity index is 1030. The first-order valence-electron chi connectivity index (χ1n) is 7.10. The smallest absolute Gasteiger partial charge is 0.279 e. The number of rotatable bonds is 3. The lowest BCUT2D eigenvalue weighted by Gasteiger charge is -2.07. The maximum Gasteiger partial charge on any atom is 0.279 e. The predicted molar refractivity (Wildman–Crippen MR) is 89.8 cm³/mol. The highest BCUT2D eigenvalue weighted by Crippen LogP contribution is 2.28. The second-order valence-electron chi connectivity index (χ2n) is 4.96. The van der Waals surface area contributed by atoms with Gasteiger partial charge >= 0.3 is 0 Å². The molecule has 0 unspecified atom stereocenters. The molecule has 0 bridgehead atoms. The van der Waals surface area contributed by atoms with Crippen molar-refractivity contribution < 1.29 is 9.21 Å². The first kappa shape index (κ1) is 14.5. The first-order chi connectivity index (χ1) is 11.7. The van der Waals surface area contributed by atoms with Gasteiger partial charge in [0.05, 0.1) is 5.39 Å². The van der Waals surface area contributed by atoms with Gasteiger partial charge in [-0.05, 0) is 30.5 Å². The van der Waals surface area contributed by atoms with E-state index in [2.05, 4.69) is 25.3 Å². The molecule has 0 aliphatic rings. The second-order valence-corrected chi connectivity index (χ2v) is 5.86. The number of carbonyl (C=O) groups is 1. The van der Waals surface area contributed by atoms with Crippen LogP contribution >= 0.6 is 11.3 Å². The summed E-state index contributed by atoms with van der Waals surface area (Å²) in [6.45, 7) is 1.68. The minimum absolute atomic E-state index is 0.233. The minimum Gasteiger partial charge on any atom is -0.448 e. The van der Waals surface area contributed by atoms with Gasteiger partial charge in [-0.2, -0.15) is 0 Å². The number of aromatic nitrogens is 4. The molecule has 7 nitrogen and oxygen atoms in total. The molecule has 0 aliphatic heterocycles. The molecule has 4 rings (SSSR count). The average molecular weight is 337 g/mol. The molecule has 118 valence electrons. The van der Waals surface area contributed by atoms with Gasteiger partial charge < -0.3 is 9.73 Å². The monoisotopic (exact) mass is 337 g/mol. The number of oxazole rings is 1. The fraction of sp³-hybridized carbons (Fsp3) is 0.0625. The summed E-state index contributed by atoms with van der Waals surface area (Å²) in [6, 6.07) is 7.38. The maximum atomic E-state index is 12.4. The molecule has 4 aromatic rings. The average Bonchev–Trinajstić information content (AvgIpc) is 3.24. The van der Waals surface area contributed by atoms with E-state index >= 15 is 0 Å². The molecule has 0 saturated heterocycles. The van der Waals surface area contributed by atoms with Crippen molar-refractivity contribution in [2.24, 2.45) is 0 Å². The molecule has 1 amide bonds. The van der Waals surface area contributed by atoms with Gasteiger partial charge in [0.25, 0.3) is 5.91 Å². The zero-order chi connectivity index (χ0) is 16.5. The number of pyridine rings is 1. The van der Waals surface area contributed by atoms with E-state index in [0.717, 1.165) is 10.2 Å². The van der Waals surface area contributed by atoms with Gasteiger partial charge in [0.2, 0.25) is 0 Å². The van der Waals surface area contributed by atoms with E-state index in [0.29, 0.717) is 23.1 Å². The number of nitrogens with one attached hydrogen (secondary N) is 1. The van der Waals surface area contributed by atoms with Crippen molar-refractivity contribution in [2.45, 2.75) is 6.92 Å². The lowest BCUT2D eigenvalue weighted by Crippen LogP contribution is -2.15. The number of hydrogen-bond donors (Lipinski definition) is 1. The van der Waals surface area contributed by atoms with E-state index in [1.807, 2.05) is 29.6 Å². The standard InChI is InChI=1S/C16H11N5O2S/c1-9-12(18-8-23-9)15(22)20-13-10-5-7-24-16(10)21-14(19-13)11-4-2-3-6-17-11/h2-8H,1H3,(H,19,20,21,22). The normalized spacial score (nSPS) is 10.9. The van der Waals surface area contributed by atoms with Crippen molar-refractivity contribution in [3.05, 3.63) is 53.7 Å². The number of nitrogens with zero attached hydrogens (tertiary/aromatic N) is 4. The van der Waals surface area contributed by atoms with Gasteiger partial charge in [0.1, 0.15) is 22.1 Å². The third-order valence-corrected chi connectivity index (χ3v) is 4.22. The molecule has 0 aromatic carbocycles. The Morgan fingerprint density at radius 3 is 2.88 bits per heavy atom. The summed E-state index contributed by atoms with van der Waals surface area (Å²) in [7, 11) is 0. The maximum absolute atomic E-state index is 12.4. The van der Waals surface area contributed by atoms with E-state index in [1.54, 1.807) is 13.1 Å². The molecule has 8 heteroatoms. The van der Waals surface area contributed by atoms with Crippen LogP contribution in [0.3, 0.4) is 0 Å². The molecule has 0 fully saturated rings. The number of anilines is 1. The summed E-state index contributed by atoms with van der Waals surface area (Å²) < 4.78 is 5.08. The van der Waals surface area contributed by atoms with Gasteiger partial charge in [-0.15, -0.1) is 11.3 Å². The second kappa shape index (κ2) is 5.82. The Morgan fingerprint density at radius 2 is 2.12 bits per heavy atom. The molecule has 4 heterocycles. The largest absolute Gasteiger partial charge is 0.448 e. The van der Waals surface area contributed by atoms with Gasteiger partial charge in [0, 0.05) is 6.20 Å². The van der Waals surface area contributed by atoms with Crippen LogP contribution in [0, 0.1) is 6.92 Å². The molecule has 0 saturated carbocycles. The van der Waals surface area contributed by atoms with Crippen molar-refractivity contribution >= 4 is 33.3 Å². The summed E-state index contributed by atoms with van der Waals surface area (Å²) in [4.78, 5) is 30.4. The van der Waals surface area contributed by atoms with Crippen LogP contribution in [0.5, 0.6) is 0 Å². The van der Waals surface area contributed by atoms with Crippen LogP contribution in [0.1, 0.15) is 16.2 Å². The molecule has 4 aromatic heterocycles. The van der Waals surface area contributed by atoms with Crippen LogP contribution in [0.4, 0.5) is 5.82 Å². The number of thiophene rings is 1. The van der Waals surface area contributed by atoms with E-state index in [1.165, 1.54) is 17.7 Å². The quantitative estimate of drug-likeness (QED) is 0.616. The van der Waals surface area contributed by atoms with E-state index in [-0.39, 0.29) is 11.6 Å². The predicted octanol–water partition coefficient (Wildman–Crippen LogP) is 3.30. The SMILES string of the molecule is Cc1ocnc1C(=O)Nc1nc(-c2ccccn2)nc2sccc12. The van der Waals surface area contributed by atoms with Crippen LogP contribution in [0.2, 0.25) is 0 Å². The highest BCUT2D eigenvalue weighted by Gasteiger charge is 2.17. The lowest BCUT2D eigenvalue weighted by molar-refractivity contribution is 0.102. The van der Waals surface area contributed by atoms with E-state index in [9.17, 15) is 4.79 Å². The molecular formula is C16H11N5O2S. The van der Waals surface area contributed by atoms with Crippen molar-refractivity contribution in [2.75, 3.05) is 5.32 Å². The molecule has 0 atom stereocenters. The summed E-state index contributed by atoms with van der Waals surface area (Å²) in [5, 5.41) is 5.46. The number of amides is 1. The Balaban J connectivity index is 1.78. The topological polar surface area (TPSA) is 93.8 Å². The van der Waals surface area contributed by atoms with E-state index in [4.69, 9.17) is 4.42 Å². The summed E-state index contributed by atoms with van der Waals surface area (Å²) in [5.41, 5.74) is 0.872. The Morgan fingerprint density at radius 1 is 1.21 bits per heavy atom. The van der Waals surface area contributed by atoms with Crippen LogP contribution in [-0.2, 0) is 0 Å². The zero-order valence-corrected chi connectivity index (χ0v) is 13.4. The van der Waals surface area contributed by atoms with Gasteiger partial charge in [0.15, 0.2) is 17.9 Å². The zero-order valence-electron chi connectivity index (χ0n) is 12.6.